The lowest BCUT2D eigenvalue weighted by Gasteiger charge is -2.18. The van der Waals surface area contributed by atoms with Crippen LogP contribution in [0, 0.1) is 0 Å². The van der Waals surface area contributed by atoms with E-state index in [0.717, 1.165) is 141 Å². The van der Waals surface area contributed by atoms with Crippen LogP contribution in [0.2, 0.25) is 0 Å². The van der Waals surface area contributed by atoms with E-state index < -0.39 is 6.10 Å². The van der Waals surface area contributed by atoms with Crippen molar-refractivity contribution < 1.29 is 28.6 Å². The maximum Gasteiger partial charge on any atom is 0.306 e. The summed E-state index contributed by atoms with van der Waals surface area (Å²) in [6.07, 6.45) is 88.2. The molecule has 0 aliphatic carbocycles. The van der Waals surface area contributed by atoms with Gasteiger partial charge in [-0.1, -0.05) is 291 Å². The van der Waals surface area contributed by atoms with Gasteiger partial charge in [-0.25, -0.2) is 0 Å². The number of unbranched alkanes of at least 4 members (excludes halogenated alkanes) is 29. The van der Waals surface area contributed by atoms with Crippen molar-refractivity contribution in [1.29, 1.82) is 0 Å². The molecule has 6 nitrogen and oxygen atoms in total. The Morgan fingerprint density at radius 3 is 0.857 bits per heavy atom. The van der Waals surface area contributed by atoms with Crippen LogP contribution >= 0.6 is 0 Å². The molecule has 1 atom stereocenters. The van der Waals surface area contributed by atoms with E-state index in [-0.39, 0.29) is 31.1 Å². The molecule has 0 amide bonds. The minimum atomic E-state index is -0.792. The molecule has 0 aromatic rings. The maximum absolute atomic E-state index is 12.9. The van der Waals surface area contributed by atoms with Crippen molar-refractivity contribution in [3.05, 3.63) is 109 Å². The average molecular weight is 1070 g/mol. The smallest absolute Gasteiger partial charge is 0.306 e. The summed E-state index contributed by atoms with van der Waals surface area (Å²) >= 11 is 0. The van der Waals surface area contributed by atoms with E-state index in [2.05, 4.69) is 130 Å². The van der Waals surface area contributed by atoms with Gasteiger partial charge in [-0.2, -0.15) is 0 Å². The van der Waals surface area contributed by atoms with Gasteiger partial charge in [-0.05, 0) is 103 Å². The quantitative estimate of drug-likeness (QED) is 0.0261. The Hall–Kier alpha value is -3.93. The molecule has 0 saturated heterocycles. The highest BCUT2D eigenvalue weighted by atomic mass is 16.6. The van der Waals surface area contributed by atoms with Crippen LogP contribution < -0.4 is 0 Å². The molecule has 0 aliphatic rings. The fourth-order valence-corrected chi connectivity index (χ4v) is 8.93. The predicted octanol–water partition coefficient (Wildman–Crippen LogP) is 22.2. The highest BCUT2D eigenvalue weighted by Crippen LogP contribution is 2.17. The third kappa shape index (κ3) is 62.8. The molecule has 1 unspecified atom stereocenters. The van der Waals surface area contributed by atoms with E-state index in [4.69, 9.17) is 14.2 Å². The topological polar surface area (TPSA) is 78.9 Å². The van der Waals surface area contributed by atoms with E-state index >= 15 is 0 Å². The van der Waals surface area contributed by atoms with Gasteiger partial charge in [0.05, 0.1) is 0 Å². The van der Waals surface area contributed by atoms with Gasteiger partial charge in [0.2, 0.25) is 0 Å². The van der Waals surface area contributed by atoms with E-state index in [9.17, 15) is 14.4 Å². The van der Waals surface area contributed by atoms with E-state index in [1.807, 2.05) is 0 Å². The predicted molar refractivity (Wildman–Crippen MR) is 334 cm³/mol. The van der Waals surface area contributed by atoms with E-state index in [0.29, 0.717) is 19.3 Å². The van der Waals surface area contributed by atoms with Crippen molar-refractivity contribution in [2.45, 2.75) is 309 Å². The number of carbonyl (C=O) groups is 3. The summed E-state index contributed by atoms with van der Waals surface area (Å²) in [4.78, 5) is 38.2. The first-order valence-electron chi connectivity index (χ1n) is 32.4. The van der Waals surface area contributed by atoms with Gasteiger partial charge in [0.25, 0.3) is 0 Å². The molecule has 0 radical (unpaired) electrons. The van der Waals surface area contributed by atoms with Crippen LogP contribution in [-0.4, -0.2) is 37.2 Å². The minimum absolute atomic E-state index is 0.0893. The molecule has 0 spiro atoms. The number of hydrogen-bond acceptors (Lipinski definition) is 6. The van der Waals surface area contributed by atoms with Gasteiger partial charge in [0.15, 0.2) is 6.10 Å². The zero-order chi connectivity index (χ0) is 55.7. The Bertz CT molecular complexity index is 1560. The normalized spacial score (nSPS) is 12.8. The first-order valence-corrected chi connectivity index (χ1v) is 32.4. The molecular formula is C71H120O6. The number of esters is 3. The van der Waals surface area contributed by atoms with Gasteiger partial charge in [-0.15, -0.1) is 0 Å². The summed E-state index contributed by atoms with van der Waals surface area (Å²) in [6.45, 7) is 6.46. The van der Waals surface area contributed by atoms with Crippen LogP contribution in [0.4, 0.5) is 0 Å². The standard InChI is InChI=1S/C71H120O6/c1-4-7-10-13-16-19-22-24-26-28-30-32-33-34-35-36-37-38-39-40-42-43-45-47-49-52-55-58-61-64-70(73)76-67-68(66-75-69(72)63-60-57-54-51-21-18-15-12-9-6-3)77-71(74)65-62-59-56-53-50-48-46-44-41-31-29-27-25-23-20-17-14-11-8-5-2/h7,10,12,15-16,19,24,26,30,32,34-35,37-38,40,42,45,47,68H,4-6,8-9,11,13-14,17-18,20-23,25,27-29,31,33,36,39,41,43-44,46,48-67H2,1-3H3/b10-7-,15-12-,19-16-,26-24-,32-30-,35-34-,38-37-,42-40-,47-45-. The molecule has 6 heteroatoms. The van der Waals surface area contributed by atoms with Gasteiger partial charge < -0.3 is 14.2 Å². The van der Waals surface area contributed by atoms with Crippen molar-refractivity contribution in [3.8, 4) is 0 Å². The molecule has 0 aromatic carbocycles. The Kier molecular flexibility index (Phi) is 61.3. The summed E-state index contributed by atoms with van der Waals surface area (Å²) in [7, 11) is 0. The first kappa shape index (κ1) is 73.1. The van der Waals surface area contributed by atoms with Gasteiger partial charge >= 0.3 is 17.9 Å². The molecule has 0 rings (SSSR count). The molecule has 0 heterocycles. The summed E-state index contributed by atoms with van der Waals surface area (Å²) in [5, 5.41) is 0. The minimum Gasteiger partial charge on any atom is -0.462 e. The van der Waals surface area contributed by atoms with Gasteiger partial charge in [0.1, 0.15) is 13.2 Å². The number of rotatable bonds is 58. The van der Waals surface area contributed by atoms with Crippen molar-refractivity contribution in [2.24, 2.45) is 0 Å². The van der Waals surface area contributed by atoms with Crippen molar-refractivity contribution in [3.63, 3.8) is 0 Å². The molecule has 0 bridgehead atoms. The zero-order valence-electron chi connectivity index (χ0n) is 50.4. The molecule has 0 N–H and O–H groups in total. The third-order valence-corrected chi connectivity index (χ3v) is 13.7. The largest absolute Gasteiger partial charge is 0.462 e. The maximum atomic E-state index is 12.9. The van der Waals surface area contributed by atoms with Crippen molar-refractivity contribution in [2.75, 3.05) is 13.2 Å². The Morgan fingerprint density at radius 2 is 0.532 bits per heavy atom. The van der Waals surface area contributed by atoms with Crippen LogP contribution in [0.3, 0.4) is 0 Å². The Balaban J connectivity index is 4.30. The summed E-state index contributed by atoms with van der Waals surface area (Å²) < 4.78 is 16.9. The number of ether oxygens (including phenoxy) is 3. The van der Waals surface area contributed by atoms with Crippen LogP contribution in [0.15, 0.2) is 109 Å². The summed E-state index contributed by atoms with van der Waals surface area (Å²) in [5.74, 6) is -0.917. The highest BCUT2D eigenvalue weighted by Gasteiger charge is 2.19. The lowest BCUT2D eigenvalue weighted by Crippen LogP contribution is -2.30. The van der Waals surface area contributed by atoms with Gasteiger partial charge in [0, 0.05) is 19.3 Å². The van der Waals surface area contributed by atoms with Crippen LogP contribution in [-0.2, 0) is 28.6 Å². The second kappa shape index (κ2) is 64.6. The van der Waals surface area contributed by atoms with Crippen LogP contribution in [0.25, 0.3) is 0 Å². The SMILES string of the molecule is CC/C=C\C/C=C\C/C=C\C/C=C\C/C=C\C/C=C\C/C=C\C/C=C\CCCCCCC(=O)OCC(COC(=O)CCCCCCC/C=C\CCC)OC(=O)CCCCCCCCCCCCCCCCCCCCCC. The second-order valence-corrected chi connectivity index (χ2v) is 21.3. The van der Waals surface area contributed by atoms with Crippen molar-refractivity contribution >= 4 is 17.9 Å². The number of hydrogen-bond donors (Lipinski definition) is 0. The van der Waals surface area contributed by atoms with E-state index in [1.54, 1.807) is 0 Å². The van der Waals surface area contributed by atoms with Crippen LogP contribution in [0.1, 0.15) is 303 Å². The zero-order valence-corrected chi connectivity index (χ0v) is 50.4. The lowest BCUT2D eigenvalue weighted by atomic mass is 10.0. The highest BCUT2D eigenvalue weighted by molar-refractivity contribution is 5.71. The molecule has 0 aliphatic heterocycles. The molecular weight excluding hydrogens is 949 g/mol. The fraction of sp³-hybridized carbons (Fsp3) is 0.704. The number of carbonyl (C=O) groups excluding carboxylic acids is 3. The monoisotopic (exact) mass is 1070 g/mol. The molecule has 0 fully saturated rings. The summed E-state index contributed by atoms with van der Waals surface area (Å²) in [6, 6.07) is 0. The Labute approximate surface area is 476 Å². The molecule has 440 valence electrons. The Morgan fingerprint density at radius 1 is 0.273 bits per heavy atom. The molecule has 0 aromatic heterocycles. The fourth-order valence-electron chi connectivity index (χ4n) is 8.93. The first-order chi connectivity index (χ1) is 38.0. The molecule has 0 saturated carbocycles. The van der Waals surface area contributed by atoms with E-state index in [1.165, 1.54) is 122 Å². The van der Waals surface area contributed by atoms with Crippen LogP contribution in [0.5, 0.6) is 0 Å². The number of allylic oxidation sites excluding steroid dienone is 18. The third-order valence-electron chi connectivity index (χ3n) is 13.7. The second-order valence-electron chi connectivity index (χ2n) is 21.3. The summed E-state index contributed by atoms with van der Waals surface area (Å²) in [5.41, 5.74) is 0. The van der Waals surface area contributed by atoms with Gasteiger partial charge in [-0.3, -0.25) is 14.4 Å². The average Bonchev–Trinajstić information content (AvgIpc) is 3.43. The lowest BCUT2D eigenvalue weighted by molar-refractivity contribution is -0.167. The van der Waals surface area contributed by atoms with Crippen molar-refractivity contribution in [1.82, 2.24) is 0 Å². The molecule has 77 heavy (non-hydrogen) atoms.